The Bertz CT molecular complexity index is 3280. The van der Waals surface area contributed by atoms with Crippen molar-refractivity contribution in [3.05, 3.63) is 225 Å². The first-order valence-electron chi connectivity index (χ1n) is 25.8. The summed E-state index contributed by atoms with van der Waals surface area (Å²) in [5.41, 5.74) is 23.6. The monoisotopic (exact) mass is 1380 g/mol. The van der Waals surface area contributed by atoms with E-state index in [1.54, 1.807) is 13.8 Å². The predicted molar refractivity (Wildman–Crippen MR) is 310 cm³/mol. The SMILES string of the molecule is CC(O)CC(C)O.Cc1cc(C)cc(-c2cc(C)c(-n3c(-c4[c-]cccc4)nnc3-c3ccccc3C)c(C)c2)c1.Cc1cc(C)cc(-c2cc(C)c(-n3c(-c4ccccc4)nnc3-c3ccccc3C)c(C)c2)c1.[Ir].[Ir]. The number of nitrogens with zero attached hydrogens (tertiary/aromatic N) is 6. The molecular formula is C67H69Ir2N6O2-. The molecule has 0 spiro atoms. The minimum absolute atomic E-state index is 0. The molecule has 0 amide bonds. The van der Waals surface area contributed by atoms with Gasteiger partial charge in [0.05, 0.1) is 23.7 Å². The van der Waals surface area contributed by atoms with Gasteiger partial charge in [0.1, 0.15) is 0 Å². The van der Waals surface area contributed by atoms with Gasteiger partial charge in [-0.2, -0.15) is 5.10 Å². The fourth-order valence-electron chi connectivity index (χ4n) is 10.2. The van der Waals surface area contributed by atoms with Gasteiger partial charge in [-0.1, -0.05) is 138 Å². The fourth-order valence-corrected chi connectivity index (χ4v) is 10.2. The van der Waals surface area contributed by atoms with Crippen molar-refractivity contribution in [1.29, 1.82) is 0 Å². The van der Waals surface area contributed by atoms with Gasteiger partial charge in [-0.05, 0) is 169 Å². The molecule has 2 radical (unpaired) electrons. The summed E-state index contributed by atoms with van der Waals surface area (Å²) in [5.74, 6) is 3.35. The molecule has 0 aliphatic heterocycles. The summed E-state index contributed by atoms with van der Waals surface area (Å²) in [7, 11) is 0. The molecule has 2 heterocycles. The summed E-state index contributed by atoms with van der Waals surface area (Å²) >= 11 is 0. The fraction of sp³-hybridized carbons (Fsp3) is 0.224. The van der Waals surface area contributed by atoms with E-state index in [-0.39, 0.29) is 52.4 Å². The minimum Gasteiger partial charge on any atom is -0.393 e. The zero-order valence-electron chi connectivity index (χ0n) is 46.2. The van der Waals surface area contributed by atoms with E-state index >= 15 is 0 Å². The molecule has 10 heteroatoms. The van der Waals surface area contributed by atoms with Crippen LogP contribution in [-0.4, -0.2) is 51.9 Å². The molecule has 2 aromatic heterocycles. The van der Waals surface area contributed by atoms with Crippen LogP contribution in [0.5, 0.6) is 0 Å². The molecule has 0 saturated carbocycles. The topological polar surface area (TPSA) is 102 Å². The summed E-state index contributed by atoms with van der Waals surface area (Å²) in [5, 5.41) is 35.8. The Kier molecular flexibility index (Phi) is 20.5. The van der Waals surface area contributed by atoms with Crippen LogP contribution in [0.15, 0.2) is 164 Å². The third-order valence-corrected chi connectivity index (χ3v) is 13.3. The van der Waals surface area contributed by atoms with E-state index in [1.165, 1.54) is 77.9 Å². The molecule has 0 aliphatic rings. The smallest absolute Gasteiger partial charge is 0.169 e. The van der Waals surface area contributed by atoms with Crippen molar-refractivity contribution in [2.75, 3.05) is 0 Å². The average molecular weight is 1370 g/mol. The van der Waals surface area contributed by atoms with Gasteiger partial charge in [0.25, 0.3) is 0 Å². The standard InChI is InChI=1S/C31H29N3.C31H28N3.C5H12O2.2Ir/c2*1-20-15-21(2)17-26(16-20)27-18-23(4)29(24(5)19-27)34-30(25-12-7-6-8-13-25)32-33-31(34)28-14-10-9-11-22(28)3;1-4(6)3-5(2)7;;/h6-19H,1-5H3;6-12,14-19H,1-5H3;4-7H,3H2,1-2H3;;/q;-1;;;. The molecule has 0 saturated heterocycles. The third kappa shape index (κ3) is 14.1. The number of aliphatic hydroxyl groups is 2. The van der Waals surface area contributed by atoms with Crippen LogP contribution in [0.4, 0.5) is 0 Å². The zero-order chi connectivity index (χ0) is 53.5. The molecular weight excluding hydrogens is 1310 g/mol. The summed E-state index contributed by atoms with van der Waals surface area (Å²) in [4.78, 5) is 0. The van der Waals surface area contributed by atoms with Gasteiger partial charge in [-0.25, -0.2) is 0 Å². The number of hydrogen-bond donors (Lipinski definition) is 2. The maximum Gasteiger partial charge on any atom is 0.169 e. The van der Waals surface area contributed by atoms with Crippen LogP contribution < -0.4 is 0 Å². The van der Waals surface area contributed by atoms with Crippen LogP contribution >= 0.6 is 0 Å². The van der Waals surface area contributed by atoms with Crippen molar-refractivity contribution in [1.82, 2.24) is 29.5 Å². The molecule has 8 nitrogen and oxygen atoms in total. The summed E-state index contributed by atoms with van der Waals surface area (Å²) < 4.78 is 4.43. The summed E-state index contributed by atoms with van der Waals surface area (Å²) in [6.45, 7) is 24.9. The second-order valence-corrected chi connectivity index (χ2v) is 20.2. The quantitative estimate of drug-likeness (QED) is 0.132. The van der Waals surface area contributed by atoms with Crippen molar-refractivity contribution in [3.8, 4) is 79.2 Å². The van der Waals surface area contributed by atoms with Crippen LogP contribution in [0.3, 0.4) is 0 Å². The minimum atomic E-state index is -0.375. The van der Waals surface area contributed by atoms with E-state index < -0.39 is 0 Å². The van der Waals surface area contributed by atoms with E-state index in [0.717, 1.165) is 56.9 Å². The number of aliphatic hydroxyl groups excluding tert-OH is 2. The van der Waals surface area contributed by atoms with Gasteiger partial charge in [0, 0.05) is 62.6 Å². The molecule has 10 aromatic rings. The number of aryl methyl sites for hydroxylation is 10. The van der Waals surface area contributed by atoms with Gasteiger partial charge in [-0.3, -0.25) is 4.57 Å². The van der Waals surface area contributed by atoms with E-state index in [0.29, 0.717) is 6.42 Å². The number of aromatic nitrogens is 6. The molecule has 398 valence electrons. The predicted octanol–water partition coefficient (Wildman–Crippen LogP) is 15.6. The number of hydrogen-bond acceptors (Lipinski definition) is 6. The first-order valence-corrected chi connectivity index (χ1v) is 25.8. The maximum atomic E-state index is 8.56. The number of benzene rings is 8. The number of rotatable bonds is 10. The van der Waals surface area contributed by atoms with Crippen molar-refractivity contribution < 1.29 is 50.4 Å². The average Bonchev–Trinajstić information content (AvgIpc) is 4.04. The zero-order valence-corrected chi connectivity index (χ0v) is 51.0. The van der Waals surface area contributed by atoms with Crippen molar-refractivity contribution in [2.45, 2.75) is 102 Å². The Morgan fingerprint density at radius 3 is 1.10 bits per heavy atom. The van der Waals surface area contributed by atoms with Crippen LogP contribution in [0.25, 0.3) is 79.2 Å². The Morgan fingerprint density at radius 2 is 0.727 bits per heavy atom. The summed E-state index contributed by atoms with van der Waals surface area (Å²) in [6, 6.07) is 60.9. The Hall–Kier alpha value is -6.74. The van der Waals surface area contributed by atoms with E-state index in [1.807, 2.05) is 42.5 Å². The van der Waals surface area contributed by atoms with Crippen LogP contribution in [0.2, 0.25) is 0 Å². The van der Waals surface area contributed by atoms with Crippen LogP contribution in [0.1, 0.15) is 75.9 Å². The molecule has 0 fully saturated rings. The second-order valence-electron chi connectivity index (χ2n) is 20.2. The maximum absolute atomic E-state index is 8.56. The van der Waals surface area contributed by atoms with Gasteiger partial charge < -0.3 is 14.8 Å². The van der Waals surface area contributed by atoms with E-state index in [9.17, 15) is 0 Å². The van der Waals surface area contributed by atoms with Crippen molar-refractivity contribution >= 4 is 0 Å². The van der Waals surface area contributed by atoms with Crippen molar-refractivity contribution in [3.63, 3.8) is 0 Å². The molecule has 10 rings (SSSR count). The largest absolute Gasteiger partial charge is 0.393 e. The summed E-state index contributed by atoms with van der Waals surface area (Å²) in [6.07, 6.45) is -0.278. The van der Waals surface area contributed by atoms with Gasteiger partial charge in [0.2, 0.25) is 0 Å². The third-order valence-electron chi connectivity index (χ3n) is 13.3. The van der Waals surface area contributed by atoms with Crippen LogP contribution in [0, 0.1) is 75.3 Å². The molecule has 2 unspecified atom stereocenters. The van der Waals surface area contributed by atoms with Gasteiger partial charge in [0.15, 0.2) is 17.5 Å². The molecule has 0 aliphatic carbocycles. The molecule has 0 bridgehead atoms. The first-order chi connectivity index (χ1) is 36.0. The Balaban J connectivity index is 0.000000217. The second kappa shape index (κ2) is 26.5. The van der Waals surface area contributed by atoms with E-state index in [4.69, 9.17) is 15.3 Å². The van der Waals surface area contributed by atoms with E-state index in [2.05, 4.69) is 221 Å². The van der Waals surface area contributed by atoms with Crippen molar-refractivity contribution in [2.24, 2.45) is 0 Å². The van der Waals surface area contributed by atoms with Crippen LogP contribution in [-0.2, 0) is 40.2 Å². The molecule has 2 N–H and O–H groups in total. The van der Waals surface area contributed by atoms with Gasteiger partial charge >= 0.3 is 0 Å². The normalized spacial score (nSPS) is 11.5. The Morgan fingerprint density at radius 1 is 0.377 bits per heavy atom. The van der Waals surface area contributed by atoms with Gasteiger partial charge in [-0.15, -0.1) is 51.2 Å². The Labute approximate surface area is 483 Å². The molecule has 8 aromatic carbocycles. The first kappa shape index (κ1) is 59.5. The molecule has 2 atom stereocenters. The molecule has 77 heavy (non-hydrogen) atoms.